The Kier molecular flexibility index (Phi) is 10.2. The van der Waals surface area contributed by atoms with Crippen molar-refractivity contribution >= 4 is 17.6 Å². The number of amides is 2. The number of nitrogens with zero attached hydrogens (tertiary/aromatic N) is 5. The van der Waals surface area contributed by atoms with Crippen LogP contribution in [-0.4, -0.2) is 100 Å². The summed E-state index contributed by atoms with van der Waals surface area (Å²) in [4.78, 5) is 41.0. The Morgan fingerprint density at radius 2 is 2.02 bits per heavy atom. The van der Waals surface area contributed by atoms with Gasteiger partial charge in [-0.3, -0.25) is 19.4 Å². The first kappa shape index (κ1) is 30.4. The molecule has 4 heterocycles. The van der Waals surface area contributed by atoms with E-state index in [9.17, 15) is 14.7 Å². The number of aliphatic hydroxyl groups excluding tert-OH is 1. The van der Waals surface area contributed by atoms with E-state index in [1.807, 2.05) is 6.07 Å². The molecule has 0 aliphatic carbocycles. The fourth-order valence-electron chi connectivity index (χ4n) is 5.60. The van der Waals surface area contributed by atoms with Crippen LogP contribution in [0.15, 0.2) is 41.5 Å². The van der Waals surface area contributed by atoms with E-state index >= 15 is 0 Å². The first-order valence-corrected chi connectivity index (χ1v) is 14.7. The summed E-state index contributed by atoms with van der Waals surface area (Å²) in [5, 5.41) is 19.5. The zero-order valence-corrected chi connectivity index (χ0v) is 24.7. The second-order valence-corrected chi connectivity index (χ2v) is 11.1. The number of rotatable bonds is 12. The molecule has 230 valence electrons. The summed E-state index contributed by atoms with van der Waals surface area (Å²) in [6, 6.07) is 5.89. The highest BCUT2D eigenvalue weighted by Crippen LogP contribution is 2.30. The van der Waals surface area contributed by atoms with E-state index in [0.717, 1.165) is 56.8 Å². The second kappa shape index (κ2) is 14.4. The van der Waals surface area contributed by atoms with E-state index in [1.165, 1.54) is 23.8 Å². The molecular formula is C30H40N8O5. The Balaban J connectivity index is 1.05. The number of oxazole rings is 1. The molecule has 1 saturated heterocycles. The van der Waals surface area contributed by atoms with Gasteiger partial charge in [0.25, 0.3) is 5.91 Å². The number of likely N-dealkylation sites (tertiary alicyclic amines) is 1. The maximum absolute atomic E-state index is 12.8. The molecule has 5 rings (SSSR count). The molecule has 43 heavy (non-hydrogen) atoms. The van der Waals surface area contributed by atoms with Gasteiger partial charge in [-0.25, -0.2) is 15.0 Å². The van der Waals surface area contributed by atoms with Gasteiger partial charge >= 0.3 is 0 Å². The molecular weight excluding hydrogens is 552 g/mol. The molecule has 3 aromatic rings. The van der Waals surface area contributed by atoms with Crippen LogP contribution in [0.25, 0.3) is 0 Å². The molecule has 0 spiro atoms. The van der Waals surface area contributed by atoms with Gasteiger partial charge in [0.05, 0.1) is 18.8 Å². The maximum atomic E-state index is 12.8. The average molecular weight is 593 g/mol. The predicted octanol–water partition coefficient (Wildman–Crippen LogP) is 1.12. The third kappa shape index (κ3) is 8.27. The Morgan fingerprint density at radius 3 is 2.79 bits per heavy atom. The van der Waals surface area contributed by atoms with E-state index in [-0.39, 0.29) is 30.1 Å². The van der Waals surface area contributed by atoms with Gasteiger partial charge in [-0.2, -0.15) is 0 Å². The van der Waals surface area contributed by atoms with Crippen LogP contribution >= 0.6 is 0 Å². The maximum Gasteiger partial charge on any atom is 0.270 e. The van der Waals surface area contributed by atoms with E-state index in [4.69, 9.17) is 9.15 Å². The van der Waals surface area contributed by atoms with Crippen LogP contribution in [0.1, 0.15) is 45.8 Å². The van der Waals surface area contributed by atoms with Gasteiger partial charge in [0.15, 0.2) is 12.2 Å². The van der Waals surface area contributed by atoms with E-state index in [0.29, 0.717) is 31.3 Å². The number of carbonyl (C=O) groups excluding carboxylic acids is 2. The summed E-state index contributed by atoms with van der Waals surface area (Å²) in [5.74, 6) is 1.74. The topological polar surface area (TPSA) is 158 Å². The van der Waals surface area contributed by atoms with Gasteiger partial charge in [-0.15, -0.1) is 0 Å². The SMILES string of the molecule is CNC(=O)CN1CCC(Nc2cc(C(=O)NC[C@H](O)CN3CCc4c(ccc(OCc5cnco5)c4C)C3)ncn2)CC1. The van der Waals surface area contributed by atoms with E-state index in [1.54, 1.807) is 19.3 Å². The summed E-state index contributed by atoms with van der Waals surface area (Å²) in [5.41, 5.74) is 3.85. The van der Waals surface area contributed by atoms with Crippen molar-refractivity contribution in [3.8, 4) is 5.75 Å². The molecule has 1 fully saturated rings. The standard InChI is InChI=1S/C30H40N8O5/c1-20-25-7-10-38(14-21(25)3-4-27(20)42-17-24-13-32-19-43-24)15-23(39)12-33-30(41)26-11-28(35-18-34-26)36-22-5-8-37(9-6-22)16-29(40)31-2/h3-4,11,13,18-19,22-23,39H,5-10,12,14-17H2,1-2H3,(H,31,40)(H,33,41)(H,34,35,36)/t23-/m0/s1. The van der Waals surface area contributed by atoms with Crippen LogP contribution in [0.3, 0.4) is 0 Å². The van der Waals surface area contributed by atoms with Gasteiger partial charge < -0.3 is 30.2 Å². The number of fused-ring (bicyclic) bond motifs is 1. The number of nitrogens with one attached hydrogen (secondary N) is 3. The van der Waals surface area contributed by atoms with Crippen LogP contribution in [0.4, 0.5) is 5.82 Å². The molecule has 0 radical (unpaired) electrons. The Morgan fingerprint density at radius 1 is 1.19 bits per heavy atom. The predicted molar refractivity (Wildman–Crippen MR) is 159 cm³/mol. The van der Waals surface area contributed by atoms with Gasteiger partial charge in [0.1, 0.15) is 30.2 Å². The van der Waals surface area contributed by atoms with Crippen molar-refractivity contribution in [2.24, 2.45) is 0 Å². The van der Waals surface area contributed by atoms with Gasteiger partial charge in [-0.05, 0) is 48.9 Å². The van der Waals surface area contributed by atoms with Crippen molar-refractivity contribution in [1.82, 2.24) is 35.4 Å². The zero-order chi connectivity index (χ0) is 30.2. The largest absolute Gasteiger partial charge is 0.485 e. The number of hydrogen-bond acceptors (Lipinski definition) is 11. The lowest BCUT2D eigenvalue weighted by molar-refractivity contribution is -0.122. The van der Waals surface area contributed by atoms with E-state index in [2.05, 4.69) is 53.7 Å². The lowest BCUT2D eigenvalue weighted by Crippen LogP contribution is -2.43. The Bertz CT molecular complexity index is 1380. The smallest absolute Gasteiger partial charge is 0.270 e. The highest BCUT2D eigenvalue weighted by Gasteiger charge is 2.23. The summed E-state index contributed by atoms with van der Waals surface area (Å²) in [6.45, 7) is 6.50. The first-order chi connectivity index (χ1) is 20.9. The summed E-state index contributed by atoms with van der Waals surface area (Å²) in [7, 11) is 1.64. The molecule has 0 bridgehead atoms. The van der Waals surface area contributed by atoms with Gasteiger partial charge in [0, 0.05) is 58.4 Å². The number of carbonyl (C=O) groups is 2. The lowest BCUT2D eigenvalue weighted by Gasteiger charge is -2.32. The number of anilines is 1. The highest BCUT2D eigenvalue weighted by molar-refractivity contribution is 5.92. The Hall–Kier alpha value is -4.07. The molecule has 13 heteroatoms. The number of ether oxygens (including phenoxy) is 1. The molecule has 2 aliphatic rings. The molecule has 4 N–H and O–H groups in total. The molecule has 2 amide bonds. The van der Waals surface area contributed by atoms with Crippen LogP contribution in [0.5, 0.6) is 5.75 Å². The highest BCUT2D eigenvalue weighted by atomic mass is 16.5. The summed E-state index contributed by atoms with van der Waals surface area (Å²) < 4.78 is 11.2. The third-order valence-electron chi connectivity index (χ3n) is 8.02. The van der Waals surface area contributed by atoms with Gasteiger partial charge in [0.2, 0.25) is 5.91 Å². The molecule has 0 unspecified atom stereocenters. The van der Waals surface area contributed by atoms with E-state index < -0.39 is 6.10 Å². The number of likely N-dealkylation sites (N-methyl/N-ethyl adjacent to an activating group) is 1. The molecule has 1 atom stereocenters. The monoisotopic (exact) mass is 592 g/mol. The van der Waals surface area contributed by atoms with Gasteiger partial charge in [-0.1, -0.05) is 6.07 Å². The number of aromatic nitrogens is 3. The van der Waals surface area contributed by atoms with Crippen molar-refractivity contribution in [2.45, 2.75) is 51.5 Å². The molecule has 2 aromatic heterocycles. The minimum Gasteiger partial charge on any atom is -0.485 e. The number of aliphatic hydroxyl groups is 1. The minimum atomic E-state index is -0.726. The molecule has 0 saturated carbocycles. The minimum absolute atomic E-state index is 0.0139. The summed E-state index contributed by atoms with van der Waals surface area (Å²) >= 11 is 0. The summed E-state index contributed by atoms with van der Waals surface area (Å²) in [6.07, 6.45) is 6.26. The fourth-order valence-corrected chi connectivity index (χ4v) is 5.60. The van der Waals surface area contributed by atoms with Crippen molar-refractivity contribution in [3.05, 3.63) is 65.3 Å². The van der Waals surface area contributed by atoms with Crippen LogP contribution in [0, 0.1) is 6.92 Å². The van der Waals surface area contributed by atoms with Crippen LogP contribution in [0.2, 0.25) is 0 Å². The van der Waals surface area contributed by atoms with Crippen LogP contribution < -0.4 is 20.7 Å². The normalized spacial score (nSPS) is 16.7. The van der Waals surface area contributed by atoms with Crippen molar-refractivity contribution in [3.63, 3.8) is 0 Å². The van der Waals surface area contributed by atoms with Crippen LogP contribution in [-0.2, 0) is 24.4 Å². The second-order valence-electron chi connectivity index (χ2n) is 11.1. The van der Waals surface area contributed by atoms with Crippen molar-refractivity contribution < 1.29 is 23.8 Å². The number of benzene rings is 1. The Labute approximate surface area is 251 Å². The fraction of sp³-hybridized carbons (Fsp3) is 0.500. The molecule has 2 aliphatic heterocycles. The quantitative estimate of drug-likeness (QED) is 0.239. The van der Waals surface area contributed by atoms with Crippen molar-refractivity contribution in [2.75, 3.05) is 51.6 Å². The number of β-amino-alcohol motifs (C(OH)–C–C–N with tert-alkyl or cyclic N) is 1. The molecule has 1 aromatic carbocycles. The zero-order valence-electron chi connectivity index (χ0n) is 24.7. The molecule has 13 nitrogen and oxygen atoms in total. The average Bonchev–Trinajstić information content (AvgIpc) is 3.54. The lowest BCUT2D eigenvalue weighted by atomic mass is 9.94. The van der Waals surface area contributed by atoms with Crippen molar-refractivity contribution in [1.29, 1.82) is 0 Å². The number of hydrogen-bond donors (Lipinski definition) is 4. The first-order valence-electron chi connectivity index (χ1n) is 14.7. The number of piperidine rings is 1. The third-order valence-corrected chi connectivity index (χ3v) is 8.02.